The molecule has 3 rings (SSSR count). The van der Waals surface area contributed by atoms with E-state index in [1.165, 1.54) is 0 Å². The number of hydrogen-bond acceptors (Lipinski definition) is 5. The van der Waals surface area contributed by atoms with Crippen LogP contribution in [0.5, 0.6) is 11.5 Å². The molecule has 21 heavy (non-hydrogen) atoms. The summed E-state index contributed by atoms with van der Waals surface area (Å²) in [6, 6.07) is 5.13. The summed E-state index contributed by atoms with van der Waals surface area (Å²) in [5.41, 5.74) is 1.41. The van der Waals surface area contributed by atoms with Gasteiger partial charge >= 0.3 is 0 Å². The van der Waals surface area contributed by atoms with Crippen LogP contribution in [0, 0.1) is 13.8 Å². The largest absolute Gasteiger partial charge is 0.454 e. The van der Waals surface area contributed by atoms with Gasteiger partial charge < -0.3 is 19.2 Å². The lowest BCUT2D eigenvalue weighted by molar-refractivity contribution is 0.0953. The molecule has 1 amide bonds. The molecule has 0 bridgehead atoms. The number of rotatable bonds is 4. The number of ether oxygens (including phenoxy) is 2. The van der Waals surface area contributed by atoms with Gasteiger partial charge in [0.2, 0.25) is 6.79 Å². The number of hydrogen-bond donors (Lipinski definition) is 1. The molecule has 1 N–H and O–H groups in total. The van der Waals surface area contributed by atoms with Crippen molar-refractivity contribution in [3.05, 3.63) is 41.1 Å². The zero-order chi connectivity index (χ0) is 14.8. The number of aromatic nitrogens is 1. The number of carbonyl (C=O) groups is 1. The number of nitrogens with zero attached hydrogens (tertiary/aromatic N) is 1. The summed E-state index contributed by atoms with van der Waals surface area (Å²) in [7, 11) is 0. The number of fused-ring (bicyclic) bond motifs is 1. The van der Waals surface area contributed by atoms with Crippen LogP contribution < -0.4 is 14.8 Å². The Balaban J connectivity index is 1.58. The van der Waals surface area contributed by atoms with Crippen LogP contribution in [0.1, 0.15) is 27.7 Å². The number of benzene rings is 1. The first kappa shape index (κ1) is 13.5. The summed E-state index contributed by atoms with van der Waals surface area (Å²) < 4.78 is 15.9. The maximum atomic E-state index is 12.1. The molecule has 1 aliphatic rings. The molecule has 6 heteroatoms. The second-order valence-electron chi connectivity index (χ2n) is 4.82. The van der Waals surface area contributed by atoms with E-state index in [0.717, 1.165) is 11.5 Å². The number of nitrogens with one attached hydrogen (secondary N) is 1. The molecule has 0 radical (unpaired) electrons. The molecule has 0 saturated heterocycles. The minimum Gasteiger partial charge on any atom is -0.454 e. The summed E-state index contributed by atoms with van der Waals surface area (Å²) in [6.45, 7) is 4.39. The monoisotopic (exact) mass is 288 g/mol. The van der Waals surface area contributed by atoms with Crippen LogP contribution in [0.4, 0.5) is 0 Å². The van der Waals surface area contributed by atoms with E-state index in [2.05, 4.69) is 10.3 Å². The van der Waals surface area contributed by atoms with Crippen molar-refractivity contribution in [3.8, 4) is 11.5 Å². The van der Waals surface area contributed by atoms with Crippen molar-refractivity contribution in [3.63, 3.8) is 0 Å². The van der Waals surface area contributed by atoms with E-state index < -0.39 is 0 Å². The Morgan fingerprint density at radius 3 is 2.86 bits per heavy atom. The standard InChI is InChI=1S/C15H16N2O4/c1-9-12(21-10(2)17-9)5-6-16-15(18)11-3-4-13-14(7-11)20-8-19-13/h3-4,7H,5-6,8H2,1-2H3,(H,16,18). The Morgan fingerprint density at radius 2 is 2.10 bits per heavy atom. The van der Waals surface area contributed by atoms with Crippen LogP contribution in [0.2, 0.25) is 0 Å². The highest BCUT2D eigenvalue weighted by atomic mass is 16.7. The lowest BCUT2D eigenvalue weighted by Crippen LogP contribution is -2.25. The highest BCUT2D eigenvalue weighted by Gasteiger charge is 2.16. The number of amides is 1. The molecule has 2 aromatic rings. The summed E-state index contributed by atoms with van der Waals surface area (Å²) in [4.78, 5) is 16.3. The van der Waals surface area contributed by atoms with Crippen molar-refractivity contribution >= 4 is 5.91 Å². The molecule has 110 valence electrons. The minimum atomic E-state index is -0.151. The van der Waals surface area contributed by atoms with Crippen LogP contribution in [-0.4, -0.2) is 24.2 Å². The normalized spacial score (nSPS) is 12.5. The molecule has 6 nitrogen and oxygen atoms in total. The molecule has 0 atom stereocenters. The number of aryl methyl sites for hydroxylation is 2. The van der Waals surface area contributed by atoms with Gasteiger partial charge in [-0.1, -0.05) is 0 Å². The minimum absolute atomic E-state index is 0.151. The molecular formula is C15H16N2O4. The summed E-state index contributed by atoms with van der Waals surface area (Å²) in [5, 5.41) is 2.85. The Bertz CT molecular complexity index is 678. The van der Waals surface area contributed by atoms with E-state index in [1.54, 1.807) is 18.2 Å². The van der Waals surface area contributed by atoms with Gasteiger partial charge in [-0.05, 0) is 25.1 Å². The van der Waals surface area contributed by atoms with Gasteiger partial charge in [-0.3, -0.25) is 4.79 Å². The molecule has 1 aromatic heterocycles. The van der Waals surface area contributed by atoms with Gasteiger partial charge in [0.25, 0.3) is 5.91 Å². The summed E-state index contributed by atoms with van der Waals surface area (Å²) in [5.74, 6) is 2.56. The average molecular weight is 288 g/mol. The maximum Gasteiger partial charge on any atom is 0.251 e. The first-order valence-corrected chi connectivity index (χ1v) is 6.74. The maximum absolute atomic E-state index is 12.1. The fraction of sp³-hybridized carbons (Fsp3) is 0.333. The second kappa shape index (κ2) is 5.47. The fourth-order valence-corrected chi connectivity index (χ4v) is 2.23. The fourth-order valence-electron chi connectivity index (χ4n) is 2.23. The van der Waals surface area contributed by atoms with Gasteiger partial charge in [-0.2, -0.15) is 0 Å². The van der Waals surface area contributed by atoms with E-state index in [-0.39, 0.29) is 12.7 Å². The predicted molar refractivity (Wildman–Crippen MR) is 74.6 cm³/mol. The van der Waals surface area contributed by atoms with Gasteiger partial charge in [-0.25, -0.2) is 4.98 Å². The molecule has 1 aromatic carbocycles. The lowest BCUT2D eigenvalue weighted by atomic mass is 10.2. The van der Waals surface area contributed by atoms with Gasteiger partial charge in [0.1, 0.15) is 5.76 Å². The van der Waals surface area contributed by atoms with E-state index in [0.29, 0.717) is 35.9 Å². The van der Waals surface area contributed by atoms with Crippen LogP contribution >= 0.6 is 0 Å². The first-order valence-electron chi connectivity index (χ1n) is 6.74. The van der Waals surface area contributed by atoms with Crippen molar-refractivity contribution in [2.24, 2.45) is 0 Å². The highest BCUT2D eigenvalue weighted by Crippen LogP contribution is 2.32. The molecule has 0 saturated carbocycles. The van der Waals surface area contributed by atoms with Gasteiger partial charge in [0.15, 0.2) is 17.4 Å². The molecule has 0 unspecified atom stereocenters. The van der Waals surface area contributed by atoms with E-state index in [1.807, 2.05) is 13.8 Å². The third-order valence-electron chi connectivity index (χ3n) is 3.27. The Kier molecular flexibility index (Phi) is 3.51. The average Bonchev–Trinajstić information content (AvgIpc) is 3.04. The Labute approximate surface area is 122 Å². The molecule has 2 heterocycles. The Hall–Kier alpha value is -2.50. The zero-order valence-electron chi connectivity index (χ0n) is 11.9. The zero-order valence-corrected chi connectivity index (χ0v) is 11.9. The van der Waals surface area contributed by atoms with Crippen LogP contribution in [0.25, 0.3) is 0 Å². The summed E-state index contributed by atoms with van der Waals surface area (Å²) in [6.07, 6.45) is 0.614. The van der Waals surface area contributed by atoms with Gasteiger partial charge in [-0.15, -0.1) is 0 Å². The summed E-state index contributed by atoms with van der Waals surface area (Å²) >= 11 is 0. The lowest BCUT2D eigenvalue weighted by Gasteiger charge is -2.05. The van der Waals surface area contributed by atoms with Gasteiger partial charge in [0, 0.05) is 25.5 Å². The van der Waals surface area contributed by atoms with Crippen LogP contribution in [-0.2, 0) is 6.42 Å². The van der Waals surface area contributed by atoms with Crippen molar-refractivity contribution in [2.75, 3.05) is 13.3 Å². The van der Waals surface area contributed by atoms with E-state index in [9.17, 15) is 4.79 Å². The molecule has 1 aliphatic heterocycles. The van der Waals surface area contributed by atoms with Gasteiger partial charge in [0.05, 0.1) is 5.69 Å². The van der Waals surface area contributed by atoms with Crippen molar-refractivity contribution < 1.29 is 18.7 Å². The quantitative estimate of drug-likeness (QED) is 0.931. The van der Waals surface area contributed by atoms with Crippen molar-refractivity contribution in [2.45, 2.75) is 20.3 Å². The number of oxazole rings is 1. The SMILES string of the molecule is Cc1nc(C)c(CCNC(=O)c2ccc3c(c2)OCO3)o1. The van der Waals surface area contributed by atoms with Crippen molar-refractivity contribution in [1.82, 2.24) is 10.3 Å². The third kappa shape index (κ3) is 2.84. The van der Waals surface area contributed by atoms with Crippen LogP contribution in [0.3, 0.4) is 0 Å². The topological polar surface area (TPSA) is 73.6 Å². The molecule has 0 aliphatic carbocycles. The van der Waals surface area contributed by atoms with Crippen LogP contribution in [0.15, 0.2) is 22.6 Å². The Morgan fingerprint density at radius 1 is 1.29 bits per heavy atom. The number of carbonyl (C=O) groups excluding carboxylic acids is 1. The third-order valence-corrected chi connectivity index (χ3v) is 3.27. The van der Waals surface area contributed by atoms with E-state index >= 15 is 0 Å². The highest BCUT2D eigenvalue weighted by molar-refractivity contribution is 5.94. The smallest absolute Gasteiger partial charge is 0.251 e. The first-order chi connectivity index (χ1) is 10.1. The van der Waals surface area contributed by atoms with E-state index in [4.69, 9.17) is 13.9 Å². The molecule has 0 fully saturated rings. The molecule has 0 spiro atoms. The predicted octanol–water partition coefficient (Wildman–Crippen LogP) is 1.99. The second-order valence-corrected chi connectivity index (χ2v) is 4.82. The van der Waals surface area contributed by atoms with Crippen molar-refractivity contribution in [1.29, 1.82) is 0 Å². The molecular weight excluding hydrogens is 272 g/mol.